The third-order valence-corrected chi connectivity index (χ3v) is 14.7. The van der Waals surface area contributed by atoms with Gasteiger partial charge in [-0.05, 0) is 152 Å². The fourth-order valence-electron chi connectivity index (χ4n) is 10.5. The zero-order chi connectivity index (χ0) is 40.9. The normalized spacial score (nSPS) is 12.5. The van der Waals surface area contributed by atoms with Crippen LogP contribution in [-0.2, 0) is 12.8 Å². The Bertz CT molecular complexity index is 3470. The molecule has 2 aromatic heterocycles. The summed E-state index contributed by atoms with van der Waals surface area (Å²) in [4.78, 5) is 0. The Morgan fingerprint density at radius 3 is 1.67 bits per heavy atom. The summed E-state index contributed by atoms with van der Waals surface area (Å²) in [6, 6.07) is 55.8. The van der Waals surface area contributed by atoms with E-state index in [4.69, 9.17) is 10.2 Å². The standard InChI is InChI=1S/C57H41N3S/c1-32-28-45-39-20-10-8-18-37(39)30-47(45)51(34(32)3)44-26-27-50-54(43-24-14-15-25-49(43)61-50)53(44)41-22-12-13-23-42(41)57-55(56(58-60-59-57)36-16-6-5-7-17-36)52-35(4)33(2)29-46-40-21-11-9-19-38(40)31-48(46)52/h5-29H,30-31H2,1-4H3. The molecule has 8 aromatic carbocycles. The molecule has 3 nitrogen and oxygen atoms in total. The zero-order valence-electron chi connectivity index (χ0n) is 34.6. The third kappa shape index (κ3) is 5.38. The quantitative estimate of drug-likeness (QED) is 0.174. The smallest absolute Gasteiger partial charge is 0.105 e. The summed E-state index contributed by atoms with van der Waals surface area (Å²) in [5.74, 6) is 0. The first-order valence-corrected chi connectivity index (χ1v) is 22.0. The van der Waals surface area contributed by atoms with Gasteiger partial charge in [-0.25, -0.2) is 0 Å². The van der Waals surface area contributed by atoms with Crippen molar-refractivity contribution in [2.45, 2.75) is 40.5 Å². The van der Waals surface area contributed by atoms with Crippen LogP contribution in [0.1, 0.15) is 44.5 Å². The van der Waals surface area contributed by atoms with Gasteiger partial charge in [-0.3, -0.25) is 0 Å². The number of aryl methyl sites for hydroxylation is 2. The fraction of sp³-hybridized carbons (Fsp3) is 0.105. The molecule has 0 saturated carbocycles. The molecular weight excluding hydrogens is 759 g/mol. The lowest BCUT2D eigenvalue weighted by Crippen LogP contribution is -2.05. The number of benzene rings is 8. The molecule has 61 heavy (non-hydrogen) atoms. The van der Waals surface area contributed by atoms with E-state index in [9.17, 15) is 0 Å². The topological polar surface area (TPSA) is 38.7 Å². The highest BCUT2D eigenvalue weighted by Gasteiger charge is 2.32. The molecule has 0 saturated heterocycles. The Hall–Kier alpha value is -7.01. The Morgan fingerprint density at radius 2 is 0.967 bits per heavy atom. The van der Waals surface area contributed by atoms with Crippen LogP contribution in [0.15, 0.2) is 152 Å². The van der Waals surface area contributed by atoms with Gasteiger partial charge in [0.15, 0.2) is 0 Å². The fourth-order valence-corrected chi connectivity index (χ4v) is 11.6. The van der Waals surface area contributed by atoms with Crippen LogP contribution in [0.5, 0.6) is 0 Å². The van der Waals surface area contributed by atoms with Crippen molar-refractivity contribution in [2.24, 2.45) is 0 Å². The monoisotopic (exact) mass is 799 g/mol. The predicted octanol–water partition coefficient (Wildman–Crippen LogP) is 15.0. The van der Waals surface area contributed by atoms with E-state index < -0.39 is 0 Å². The minimum atomic E-state index is 0.844. The van der Waals surface area contributed by atoms with Crippen molar-refractivity contribution in [3.8, 4) is 78.1 Å². The highest BCUT2D eigenvalue weighted by Crippen LogP contribution is 2.54. The summed E-state index contributed by atoms with van der Waals surface area (Å²) in [5, 5.41) is 17.2. The van der Waals surface area contributed by atoms with E-state index in [2.05, 4.69) is 185 Å². The summed E-state index contributed by atoms with van der Waals surface area (Å²) in [5.41, 5.74) is 26.9. The lowest BCUT2D eigenvalue weighted by molar-refractivity contribution is 0.878. The number of hydrogen-bond acceptors (Lipinski definition) is 4. The minimum Gasteiger partial charge on any atom is -0.135 e. The van der Waals surface area contributed by atoms with Crippen molar-refractivity contribution in [1.82, 2.24) is 15.4 Å². The van der Waals surface area contributed by atoms with Crippen LogP contribution >= 0.6 is 11.3 Å². The first kappa shape index (κ1) is 35.9. The summed E-state index contributed by atoms with van der Waals surface area (Å²) in [6.45, 7) is 9.11. The second kappa shape index (κ2) is 13.8. The van der Waals surface area contributed by atoms with Crippen molar-refractivity contribution in [3.05, 3.63) is 196 Å². The van der Waals surface area contributed by atoms with Crippen molar-refractivity contribution in [1.29, 1.82) is 0 Å². The molecule has 2 aliphatic rings. The Balaban J connectivity index is 1.20. The van der Waals surface area contributed by atoms with E-state index in [-0.39, 0.29) is 0 Å². The Kier molecular flexibility index (Phi) is 8.10. The van der Waals surface area contributed by atoms with Crippen LogP contribution in [0.4, 0.5) is 0 Å². The summed E-state index contributed by atoms with van der Waals surface area (Å²) in [6.07, 6.45) is 1.76. The van der Waals surface area contributed by atoms with Crippen LogP contribution in [0.25, 0.3) is 98.3 Å². The Labute approximate surface area is 360 Å². The SMILES string of the molecule is Cc1cc2c(c(-c3ccc4sc5ccccc5c4c3-c3ccccc3-c3nnnc(-c4ccccc4)c3-c3c(C)c(C)cc4c3Cc3ccccc3-4)c1C)Cc1ccccc1-2. The average molecular weight is 800 g/mol. The van der Waals surface area contributed by atoms with Gasteiger partial charge in [-0.2, -0.15) is 0 Å². The van der Waals surface area contributed by atoms with E-state index in [1.165, 1.54) is 109 Å². The van der Waals surface area contributed by atoms with E-state index in [1.54, 1.807) is 0 Å². The molecule has 10 aromatic rings. The molecule has 4 heteroatoms. The minimum absolute atomic E-state index is 0.844. The summed E-state index contributed by atoms with van der Waals surface area (Å²) < 4.78 is 2.56. The van der Waals surface area contributed by atoms with Crippen molar-refractivity contribution >= 4 is 31.5 Å². The van der Waals surface area contributed by atoms with Crippen LogP contribution in [0.2, 0.25) is 0 Å². The number of thiophene rings is 1. The van der Waals surface area contributed by atoms with Gasteiger partial charge in [0.2, 0.25) is 0 Å². The predicted molar refractivity (Wildman–Crippen MR) is 255 cm³/mol. The number of aromatic nitrogens is 3. The number of rotatable bonds is 5. The van der Waals surface area contributed by atoms with Crippen LogP contribution < -0.4 is 0 Å². The summed E-state index contributed by atoms with van der Waals surface area (Å²) >= 11 is 1.87. The molecule has 0 atom stereocenters. The van der Waals surface area contributed by atoms with Gasteiger partial charge in [-0.1, -0.05) is 140 Å². The maximum absolute atomic E-state index is 5.13. The average Bonchev–Trinajstić information content (AvgIpc) is 3.98. The number of nitrogens with zero attached hydrogens (tertiary/aromatic N) is 3. The van der Waals surface area contributed by atoms with Crippen LogP contribution in [0.3, 0.4) is 0 Å². The molecule has 12 rings (SSSR count). The zero-order valence-corrected chi connectivity index (χ0v) is 35.4. The van der Waals surface area contributed by atoms with E-state index >= 15 is 0 Å². The van der Waals surface area contributed by atoms with E-state index in [0.717, 1.165) is 46.5 Å². The second-order valence-corrected chi connectivity index (χ2v) is 17.9. The maximum Gasteiger partial charge on any atom is 0.105 e. The van der Waals surface area contributed by atoms with Gasteiger partial charge in [0, 0.05) is 36.9 Å². The van der Waals surface area contributed by atoms with Crippen molar-refractivity contribution in [2.75, 3.05) is 0 Å². The molecule has 0 fully saturated rings. The van der Waals surface area contributed by atoms with E-state index in [0.29, 0.717) is 0 Å². The largest absolute Gasteiger partial charge is 0.135 e. The van der Waals surface area contributed by atoms with Gasteiger partial charge in [0.1, 0.15) is 11.4 Å². The number of hydrogen-bond donors (Lipinski definition) is 0. The van der Waals surface area contributed by atoms with Gasteiger partial charge in [0.25, 0.3) is 0 Å². The molecule has 0 spiro atoms. The van der Waals surface area contributed by atoms with Crippen LogP contribution in [-0.4, -0.2) is 15.4 Å². The van der Waals surface area contributed by atoms with Crippen LogP contribution in [0, 0.1) is 27.7 Å². The van der Waals surface area contributed by atoms with Crippen molar-refractivity contribution in [3.63, 3.8) is 0 Å². The molecule has 0 N–H and O–H groups in total. The number of fused-ring (bicyclic) bond motifs is 9. The van der Waals surface area contributed by atoms with E-state index in [1.807, 2.05) is 11.3 Å². The molecule has 2 aliphatic carbocycles. The molecule has 0 aliphatic heterocycles. The van der Waals surface area contributed by atoms with Gasteiger partial charge in [-0.15, -0.1) is 21.5 Å². The summed E-state index contributed by atoms with van der Waals surface area (Å²) in [7, 11) is 0. The van der Waals surface area contributed by atoms with Gasteiger partial charge in [0.05, 0.1) is 0 Å². The molecule has 0 bridgehead atoms. The lowest BCUT2D eigenvalue weighted by atomic mass is 9.81. The second-order valence-electron chi connectivity index (χ2n) is 16.8. The first-order chi connectivity index (χ1) is 29.9. The van der Waals surface area contributed by atoms with Gasteiger partial charge >= 0.3 is 0 Å². The highest BCUT2D eigenvalue weighted by atomic mass is 32.1. The molecule has 0 unspecified atom stereocenters. The molecule has 290 valence electrons. The molecule has 0 amide bonds. The highest BCUT2D eigenvalue weighted by molar-refractivity contribution is 7.26. The maximum atomic E-state index is 5.13. The van der Waals surface area contributed by atoms with Crippen molar-refractivity contribution < 1.29 is 0 Å². The third-order valence-electron chi connectivity index (χ3n) is 13.6. The molecular formula is C57H41N3S. The molecule has 0 radical (unpaired) electrons. The molecule has 2 heterocycles. The van der Waals surface area contributed by atoms with Gasteiger partial charge < -0.3 is 0 Å². The Morgan fingerprint density at radius 1 is 0.410 bits per heavy atom. The first-order valence-electron chi connectivity index (χ1n) is 21.2. The lowest BCUT2D eigenvalue weighted by Gasteiger charge is -2.23.